The van der Waals surface area contributed by atoms with Crippen LogP contribution in [0, 0.1) is 10.8 Å². The van der Waals surface area contributed by atoms with Gasteiger partial charge in [0.25, 0.3) is 0 Å². The van der Waals surface area contributed by atoms with Crippen molar-refractivity contribution in [1.82, 2.24) is 9.55 Å². The summed E-state index contributed by atoms with van der Waals surface area (Å²) < 4.78 is 9.25. The molecule has 0 spiro atoms. The van der Waals surface area contributed by atoms with E-state index >= 15 is 0 Å². The number of rotatable bonds is 7. The van der Waals surface area contributed by atoms with Gasteiger partial charge in [0.2, 0.25) is 0 Å². The second-order valence-electron chi connectivity index (χ2n) is 24.5. The van der Waals surface area contributed by atoms with Gasteiger partial charge >= 0.3 is 0 Å². The van der Waals surface area contributed by atoms with Gasteiger partial charge in [-0.3, -0.25) is 4.57 Å². The van der Waals surface area contributed by atoms with Crippen LogP contribution in [0.15, 0.2) is 139 Å². The number of nitrogens with zero attached hydrogens (tertiary/aromatic N) is 4. The summed E-state index contributed by atoms with van der Waals surface area (Å²) in [5.41, 5.74) is 13.2. The number of pyridine rings is 1. The molecule has 66 heavy (non-hydrogen) atoms. The predicted octanol–water partition coefficient (Wildman–Crippen LogP) is 16.8. The lowest BCUT2D eigenvalue weighted by Crippen LogP contribution is -2.31. The molecule has 1 aliphatic heterocycles. The number of fused-ring (bicyclic) bond motifs is 3. The van der Waals surface area contributed by atoms with E-state index in [1.54, 1.807) is 0 Å². The Bertz CT molecular complexity index is 2930. The van der Waals surface area contributed by atoms with Crippen LogP contribution < -0.4 is 14.5 Å². The summed E-state index contributed by atoms with van der Waals surface area (Å²) in [4.78, 5) is 10.1. The molecule has 0 saturated carbocycles. The number of hydrogen-bond acceptors (Lipinski definition) is 4. The van der Waals surface area contributed by atoms with E-state index in [-0.39, 0.29) is 32.5 Å². The lowest BCUT2D eigenvalue weighted by Gasteiger charge is -2.35. The molecule has 5 heteroatoms. The van der Waals surface area contributed by atoms with Crippen molar-refractivity contribution < 1.29 is 4.74 Å². The van der Waals surface area contributed by atoms with Gasteiger partial charge in [0, 0.05) is 68.1 Å². The van der Waals surface area contributed by atoms with Gasteiger partial charge in [0.05, 0.1) is 17.7 Å². The summed E-state index contributed by atoms with van der Waals surface area (Å²) >= 11 is 0. The summed E-state index contributed by atoms with van der Waals surface area (Å²) in [5.74, 6) is 2.47. The Morgan fingerprint density at radius 2 is 1.00 bits per heavy atom. The number of ether oxygens (including phenoxy) is 1. The van der Waals surface area contributed by atoms with Gasteiger partial charge < -0.3 is 14.5 Å². The zero-order valence-corrected chi connectivity index (χ0v) is 43.0. The maximum Gasteiger partial charge on any atom is 0.137 e. The molecule has 344 valence electrons. The molecule has 7 aromatic rings. The maximum absolute atomic E-state index is 6.93. The molecular formula is C61H74N4O. The first-order valence-electron chi connectivity index (χ1n) is 24.0. The average molecular weight is 879 g/mol. The van der Waals surface area contributed by atoms with Crippen LogP contribution in [-0.2, 0) is 21.7 Å². The molecule has 0 saturated heterocycles. The van der Waals surface area contributed by atoms with Crippen LogP contribution in [0.3, 0.4) is 0 Å². The van der Waals surface area contributed by atoms with E-state index in [0.29, 0.717) is 6.67 Å². The lowest BCUT2D eigenvalue weighted by atomic mass is 9.78. The standard InChI is InChI=1S/C61H74N4O/c1-56(2,3)41-30-31-62-53(36-41)65-51-29-26-42(61(16,17)40-22-19-18-20-23-40)35-50(51)49-28-27-48(38-52(49)65)66-47-25-21-24-45(37-47)63-39-64(55(60(13,14)15)54(63)59(10,11)12)46-33-43(57(4,5)6)32-44(34-46)58(7,8)9/h18-38H,39H2,1-17H3. The molecule has 0 atom stereocenters. The van der Waals surface area contributed by atoms with Crippen LogP contribution in [0.4, 0.5) is 11.4 Å². The largest absolute Gasteiger partial charge is 0.457 e. The van der Waals surface area contributed by atoms with Gasteiger partial charge in [0.1, 0.15) is 17.3 Å². The summed E-state index contributed by atoms with van der Waals surface area (Å²) in [6, 6.07) is 44.6. The van der Waals surface area contributed by atoms with Crippen LogP contribution in [0.5, 0.6) is 11.5 Å². The van der Waals surface area contributed by atoms with E-state index in [9.17, 15) is 0 Å². The third-order valence-corrected chi connectivity index (χ3v) is 13.6. The van der Waals surface area contributed by atoms with Gasteiger partial charge in [-0.1, -0.05) is 166 Å². The second-order valence-corrected chi connectivity index (χ2v) is 24.5. The SMILES string of the molecule is CC(C)(C)C1=C(C(C)(C)C)N(c2cc(C(C)(C)C)cc(C(C)(C)C)c2)CN1c1cccc(Oc2ccc3c4cc(C(C)(C)c5ccccc5)ccc4n(-c4cc(C(C)(C)C)ccn4)c3c2)c1. The van der Waals surface area contributed by atoms with Crippen molar-refractivity contribution in [2.45, 2.75) is 139 Å². The predicted molar refractivity (Wildman–Crippen MR) is 282 cm³/mol. The van der Waals surface area contributed by atoms with Crippen molar-refractivity contribution in [3.8, 4) is 17.3 Å². The molecule has 0 N–H and O–H groups in total. The van der Waals surface area contributed by atoms with Crippen molar-refractivity contribution in [2.75, 3.05) is 16.5 Å². The third kappa shape index (κ3) is 8.91. The first kappa shape index (κ1) is 46.7. The van der Waals surface area contributed by atoms with Gasteiger partial charge in [-0.2, -0.15) is 0 Å². The number of anilines is 2. The molecule has 2 aromatic heterocycles. The highest BCUT2D eigenvalue weighted by Crippen LogP contribution is 2.49. The summed E-state index contributed by atoms with van der Waals surface area (Å²) in [6.07, 6.45) is 1.95. The minimum Gasteiger partial charge on any atom is -0.457 e. The molecule has 5 aromatic carbocycles. The maximum atomic E-state index is 6.93. The minimum atomic E-state index is -0.184. The average Bonchev–Trinajstić information content (AvgIpc) is 3.81. The number of allylic oxidation sites excluding steroid dienone is 2. The molecular weight excluding hydrogens is 805 g/mol. The number of hydrogen-bond donors (Lipinski definition) is 0. The summed E-state index contributed by atoms with van der Waals surface area (Å²) in [5, 5.41) is 2.36. The van der Waals surface area contributed by atoms with Crippen LogP contribution in [-0.4, -0.2) is 16.2 Å². The van der Waals surface area contributed by atoms with Crippen LogP contribution in [0.2, 0.25) is 0 Å². The minimum absolute atomic E-state index is 0.00609. The Balaban J connectivity index is 1.23. The summed E-state index contributed by atoms with van der Waals surface area (Å²) in [6.45, 7) is 40.2. The van der Waals surface area contributed by atoms with E-state index in [0.717, 1.165) is 39.4 Å². The highest BCUT2D eigenvalue weighted by molar-refractivity contribution is 6.10. The van der Waals surface area contributed by atoms with Crippen molar-refractivity contribution in [2.24, 2.45) is 10.8 Å². The molecule has 0 unspecified atom stereocenters. The first-order chi connectivity index (χ1) is 30.6. The highest BCUT2D eigenvalue weighted by Gasteiger charge is 2.42. The topological polar surface area (TPSA) is 33.5 Å². The molecule has 0 aliphatic carbocycles. The van der Waals surface area contributed by atoms with E-state index in [4.69, 9.17) is 9.72 Å². The van der Waals surface area contributed by atoms with E-state index in [2.05, 4.69) is 253 Å². The Hall–Kier alpha value is -5.81. The molecule has 3 heterocycles. The molecule has 1 aliphatic rings. The fourth-order valence-electron chi connectivity index (χ4n) is 9.69. The van der Waals surface area contributed by atoms with Crippen LogP contribution >= 0.6 is 0 Å². The molecule has 0 amide bonds. The smallest absolute Gasteiger partial charge is 0.137 e. The third-order valence-electron chi connectivity index (χ3n) is 13.6. The van der Waals surface area contributed by atoms with Crippen molar-refractivity contribution in [3.05, 3.63) is 167 Å². The Morgan fingerprint density at radius 1 is 0.409 bits per heavy atom. The van der Waals surface area contributed by atoms with Crippen LogP contribution in [0.25, 0.3) is 27.6 Å². The molecule has 8 rings (SSSR count). The fraction of sp³-hybridized carbons (Fsp3) is 0.393. The quantitative estimate of drug-likeness (QED) is 0.160. The Morgan fingerprint density at radius 3 is 1.59 bits per heavy atom. The second kappa shape index (κ2) is 16.2. The number of aromatic nitrogens is 2. The molecule has 0 radical (unpaired) electrons. The Labute approximate surface area is 396 Å². The normalized spacial score (nSPS) is 14.6. The first-order valence-corrected chi connectivity index (χ1v) is 24.0. The van der Waals surface area contributed by atoms with E-state index < -0.39 is 0 Å². The summed E-state index contributed by atoms with van der Waals surface area (Å²) in [7, 11) is 0. The highest BCUT2D eigenvalue weighted by atomic mass is 16.5. The zero-order valence-electron chi connectivity index (χ0n) is 43.0. The Kier molecular flexibility index (Phi) is 11.5. The monoisotopic (exact) mass is 879 g/mol. The fourth-order valence-corrected chi connectivity index (χ4v) is 9.69. The van der Waals surface area contributed by atoms with Crippen molar-refractivity contribution in [3.63, 3.8) is 0 Å². The van der Waals surface area contributed by atoms with Gasteiger partial charge in [-0.05, 0) is 105 Å². The van der Waals surface area contributed by atoms with Crippen molar-refractivity contribution in [1.29, 1.82) is 0 Å². The lowest BCUT2D eigenvalue weighted by molar-refractivity contribution is 0.444. The van der Waals surface area contributed by atoms with E-state index in [1.165, 1.54) is 50.3 Å². The van der Waals surface area contributed by atoms with Gasteiger partial charge in [-0.15, -0.1) is 0 Å². The molecule has 0 fully saturated rings. The van der Waals surface area contributed by atoms with Gasteiger partial charge in [0.15, 0.2) is 0 Å². The van der Waals surface area contributed by atoms with Gasteiger partial charge in [-0.25, -0.2) is 4.98 Å². The molecule has 5 nitrogen and oxygen atoms in total. The number of benzene rings is 5. The van der Waals surface area contributed by atoms with Crippen molar-refractivity contribution >= 4 is 33.2 Å². The van der Waals surface area contributed by atoms with E-state index in [1.807, 2.05) is 6.20 Å². The molecule has 0 bridgehead atoms. The zero-order chi connectivity index (χ0) is 47.9. The van der Waals surface area contributed by atoms with Crippen LogP contribution in [0.1, 0.15) is 146 Å².